The highest BCUT2D eigenvalue weighted by Gasteiger charge is 2.16. The fourth-order valence-corrected chi connectivity index (χ4v) is 2.53. The Balaban J connectivity index is 2.36. The molecule has 0 aromatic heterocycles. The summed E-state index contributed by atoms with van der Waals surface area (Å²) in [5, 5.41) is 0. The van der Waals surface area contributed by atoms with Gasteiger partial charge in [-0.25, -0.2) is 0 Å². The summed E-state index contributed by atoms with van der Waals surface area (Å²) in [6, 6.07) is 17.3. The summed E-state index contributed by atoms with van der Waals surface area (Å²) in [5.41, 5.74) is 9.38. The monoisotopic (exact) mass is 318 g/mol. The summed E-state index contributed by atoms with van der Waals surface area (Å²) < 4.78 is 1.10. The zero-order chi connectivity index (χ0) is 13.8. The van der Waals surface area contributed by atoms with Gasteiger partial charge < -0.3 is 5.73 Å². The van der Waals surface area contributed by atoms with Crippen molar-refractivity contribution < 1.29 is 0 Å². The van der Waals surface area contributed by atoms with E-state index in [4.69, 9.17) is 5.73 Å². The summed E-state index contributed by atoms with van der Waals surface area (Å²) in [4.78, 5) is 2.22. The van der Waals surface area contributed by atoms with Crippen LogP contribution in [0, 0.1) is 0 Å². The Hall–Kier alpha value is -1.16. The zero-order valence-corrected chi connectivity index (χ0v) is 12.9. The molecule has 0 radical (unpaired) electrons. The van der Waals surface area contributed by atoms with E-state index in [9.17, 15) is 0 Å². The molecule has 0 amide bonds. The minimum Gasteiger partial charge on any atom is -0.326 e. The first kappa shape index (κ1) is 14.3. The van der Waals surface area contributed by atoms with E-state index < -0.39 is 0 Å². The molecule has 2 aromatic rings. The van der Waals surface area contributed by atoms with E-state index >= 15 is 0 Å². The van der Waals surface area contributed by atoms with Crippen LogP contribution in [0.5, 0.6) is 0 Å². The SMILES string of the molecule is CN(C)C(c1ccc(Br)cc1)c1ccc(CN)cc1. The maximum absolute atomic E-state index is 5.65. The summed E-state index contributed by atoms with van der Waals surface area (Å²) in [6.45, 7) is 0.588. The standard InChI is InChI=1S/C16H19BrN2/c1-19(2)16(14-7-9-15(17)10-8-14)13-5-3-12(11-18)4-6-13/h3-10,16H,11,18H2,1-2H3. The molecule has 0 spiro atoms. The lowest BCUT2D eigenvalue weighted by Crippen LogP contribution is -2.21. The Morgan fingerprint density at radius 2 is 1.42 bits per heavy atom. The third kappa shape index (κ3) is 3.44. The van der Waals surface area contributed by atoms with Crippen molar-refractivity contribution in [1.29, 1.82) is 0 Å². The van der Waals surface area contributed by atoms with Gasteiger partial charge in [-0.2, -0.15) is 0 Å². The Kier molecular flexibility index (Phi) is 4.75. The Bertz CT molecular complexity index is 517. The van der Waals surface area contributed by atoms with Crippen LogP contribution in [0.4, 0.5) is 0 Å². The highest BCUT2D eigenvalue weighted by atomic mass is 79.9. The number of nitrogens with zero attached hydrogens (tertiary/aromatic N) is 1. The van der Waals surface area contributed by atoms with Gasteiger partial charge in [0.15, 0.2) is 0 Å². The number of hydrogen-bond donors (Lipinski definition) is 1. The molecule has 2 nitrogen and oxygen atoms in total. The molecule has 0 bridgehead atoms. The van der Waals surface area contributed by atoms with Crippen LogP contribution in [0.1, 0.15) is 22.7 Å². The highest BCUT2D eigenvalue weighted by molar-refractivity contribution is 9.10. The van der Waals surface area contributed by atoms with Gasteiger partial charge in [0.1, 0.15) is 0 Å². The van der Waals surface area contributed by atoms with E-state index in [1.165, 1.54) is 11.1 Å². The van der Waals surface area contributed by atoms with Gasteiger partial charge in [0, 0.05) is 11.0 Å². The molecule has 0 fully saturated rings. The van der Waals surface area contributed by atoms with Gasteiger partial charge in [-0.1, -0.05) is 52.3 Å². The van der Waals surface area contributed by atoms with E-state index in [1.807, 2.05) is 0 Å². The molecule has 19 heavy (non-hydrogen) atoms. The van der Waals surface area contributed by atoms with Crippen LogP contribution in [0.2, 0.25) is 0 Å². The number of rotatable bonds is 4. The van der Waals surface area contributed by atoms with Crippen molar-refractivity contribution in [3.8, 4) is 0 Å². The topological polar surface area (TPSA) is 29.3 Å². The molecule has 100 valence electrons. The third-order valence-corrected chi connectivity index (χ3v) is 3.76. The smallest absolute Gasteiger partial charge is 0.0596 e. The van der Waals surface area contributed by atoms with Crippen LogP contribution < -0.4 is 5.73 Å². The predicted molar refractivity (Wildman–Crippen MR) is 84.0 cm³/mol. The summed E-state index contributed by atoms with van der Waals surface area (Å²) >= 11 is 3.48. The summed E-state index contributed by atoms with van der Waals surface area (Å²) in [6.07, 6.45) is 0. The second-order valence-corrected chi connectivity index (χ2v) is 5.78. The van der Waals surface area contributed by atoms with Crippen LogP contribution in [-0.4, -0.2) is 19.0 Å². The van der Waals surface area contributed by atoms with E-state index in [0.29, 0.717) is 6.54 Å². The number of benzene rings is 2. The largest absolute Gasteiger partial charge is 0.326 e. The maximum atomic E-state index is 5.65. The molecule has 1 atom stereocenters. The fraction of sp³-hybridized carbons (Fsp3) is 0.250. The van der Waals surface area contributed by atoms with E-state index in [1.54, 1.807) is 0 Å². The predicted octanol–water partition coefficient (Wildman–Crippen LogP) is 3.56. The molecule has 3 heteroatoms. The highest BCUT2D eigenvalue weighted by Crippen LogP contribution is 2.27. The van der Waals surface area contributed by atoms with Gasteiger partial charge in [-0.05, 0) is 42.9 Å². The molecule has 0 saturated heterocycles. The number of hydrogen-bond acceptors (Lipinski definition) is 2. The normalized spacial score (nSPS) is 12.7. The van der Waals surface area contributed by atoms with Gasteiger partial charge in [-0.3, -0.25) is 4.90 Å². The molecule has 0 heterocycles. The first-order valence-electron chi connectivity index (χ1n) is 6.32. The van der Waals surface area contributed by atoms with Gasteiger partial charge in [0.2, 0.25) is 0 Å². The Labute approximate surface area is 123 Å². The van der Waals surface area contributed by atoms with Crippen LogP contribution in [0.15, 0.2) is 53.0 Å². The molecular formula is C16H19BrN2. The Morgan fingerprint density at radius 1 is 0.947 bits per heavy atom. The third-order valence-electron chi connectivity index (χ3n) is 3.23. The van der Waals surface area contributed by atoms with E-state index in [-0.39, 0.29) is 6.04 Å². The molecular weight excluding hydrogens is 300 g/mol. The lowest BCUT2D eigenvalue weighted by atomic mass is 9.97. The van der Waals surface area contributed by atoms with Crippen LogP contribution in [0.25, 0.3) is 0 Å². The Morgan fingerprint density at radius 3 is 1.84 bits per heavy atom. The average molecular weight is 319 g/mol. The molecule has 2 aromatic carbocycles. The van der Waals surface area contributed by atoms with Crippen molar-refractivity contribution in [2.24, 2.45) is 5.73 Å². The molecule has 2 rings (SSSR count). The van der Waals surface area contributed by atoms with Gasteiger partial charge in [-0.15, -0.1) is 0 Å². The zero-order valence-electron chi connectivity index (χ0n) is 11.3. The summed E-state index contributed by atoms with van der Waals surface area (Å²) in [7, 11) is 4.20. The quantitative estimate of drug-likeness (QED) is 0.934. The van der Waals surface area contributed by atoms with Crippen molar-refractivity contribution in [3.05, 3.63) is 69.7 Å². The van der Waals surface area contributed by atoms with Crippen molar-refractivity contribution in [2.45, 2.75) is 12.6 Å². The van der Waals surface area contributed by atoms with Crippen molar-refractivity contribution in [1.82, 2.24) is 4.90 Å². The molecule has 1 unspecified atom stereocenters. The van der Waals surface area contributed by atoms with Crippen molar-refractivity contribution >= 4 is 15.9 Å². The van der Waals surface area contributed by atoms with Crippen LogP contribution >= 0.6 is 15.9 Å². The lowest BCUT2D eigenvalue weighted by Gasteiger charge is -2.25. The number of nitrogens with two attached hydrogens (primary N) is 1. The first-order valence-corrected chi connectivity index (χ1v) is 7.12. The number of halogens is 1. The van der Waals surface area contributed by atoms with Crippen molar-refractivity contribution in [2.75, 3.05) is 14.1 Å². The van der Waals surface area contributed by atoms with Gasteiger partial charge in [0.25, 0.3) is 0 Å². The van der Waals surface area contributed by atoms with Gasteiger partial charge >= 0.3 is 0 Å². The minimum absolute atomic E-state index is 0.264. The van der Waals surface area contributed by atoms with Crippen LogP contribution in [0.3, 0.4) is 0 Å². The van der Waals surface area contributed by atoms with E-state index in [2.05, 4.69) is 83.5 Å². The minimum atomic E-state index is 0.264. The molecule has 0 aliphatic heterocycles. The molecule has 0 saturated carbocycles. The summed E-state index contributed by atoms with van der Waals surface area (Å²) in [5.74, 6) is 0. The fourth-order valence-electron chi connectivity index (χ4n) is 2.27. The molecule has 0 aliphatic carbocycles. The second-order valence-electron chi connectivity index (χ2n) is 4.86. The molecule has 0 aliphatic rings. The maximum Gasteiger partial charge on any atom is 0.0596 e. The van der Waals surface area contributed by atoms with Crippen LogP contribution in [-0.2, 0) is 6.54 Å². The first-order chi connectivity index (χ1) is 9.11. The molecule has 2 N–H and O–H groups in total. The second kappa shape index (κ2) is 6.33. The average Bonchev–Trinajstić information content (AvgIpc) is 2.42. The van der Waals surface area contributed by atoms with Gasteiger partial charge in [0.05, 0.1) is 6.04 Å². The van der Waals surface area contributed by atoms with E-state index in [0.717, 1.165) is 10.0 Å². The lowest BCUT2D eigenvalue weighted by molar-refractivity contribution is 0.342. The van der Waals surface area contributed by atoms with Crippen molar-refractivity contribution in [3.63, 3.8) is 0 Å².